The summed E-state index contributed by atoms with van der Waals surface area (Å²) in [5, 5.41) is 16.1. The minimum absolute atomic E-state index is 0.0488. The first-order chi connectivity index (χ1) is 24.1. The number of aliphatic imine (C=N–C) groups is 1. The van der Waals surface area contributed by atoms with Gasteiger partial charge in [-0.2, -0.15) is 0 Å². The molecular weight excluding hydrogens is 618 g/mol. The molecule has 0 saturated heterocycles. The van der Waals surface area contributed by atoms with Crippen LogP contribution in [0.25, 0.3) is 16.5 Å². The van der Waals surface area contributed by atoms with Gasteiger partial charge >= 0.3 is 0 Å². The number of hydrogen-bond donors (Lipinski definition) is 2. The number of carbonyl (C=O) groups is 1. The van der Waals surface area contributed by atoms with Gasteiger partial charge in [0.05, 0.1) is 19.8 Å². The molecule has 10 nitrogen and oxygen atoms in total. The number of nitrogens with one attached hydrogen (secondary N) is 1. The van der Waals surface area contributed by atoms with Crippen molar-refractivity contribution in [3.8, 4) is 11.5 Å². The van der Waals surface area contributed by atoms with Crippen LogP contribution in [-0.4, -0.2) is 48.8 Å². The van der Waals surface area contributed by atoms with Gasteiger partial charge in [-0.05, 0) is 71.5 Å². The number of hydrogen-bond acceptors (Lipinski definition) is 7. The van der Waals surface area contributed by atoms with Gasteiger partial charge in [0.25, 0.3) is 5.91 Å². The topological polar surface area (TPSA) is 138 Å². The van der Waals surface area contributed by atoms with Crippen molar-refractivity contribution in [2.75, 3.05) is 26.4 Å². The Balaban J connectivity index is 1.53. The van der Waals surface area contributed by atoms with E-state index in [1.54, 1.807) is 0 Å². The molecule has 2 N–H and O–H groups in total. The van der Waals surface area contributed by atoms with Crippen molar-refractivity contribution in [2.45, 2.75) is 44.4 Å². The first kappa shape index (κ1) is 34.8. The van der Waals surface area contributed by atoms with Crippen LogP contribution in [-0.2, 0) is 22.5 Å². The largest absolute Gasteiger partial charge is 0.494 e. The van der Waals surface area contributed by atoms with Crippen LogP contribution in [0, 0.1) is 0 Å². The second-order valence-corrected chi connectivity index (χ2v) is 11.4. The summed E-state index contributed by atoms with van der Waals surface area (Å²) in [4.78, 5) is 22.7. The van der Waals surface area contributed by atoms with E-state index in [4.69, 9.17) is 29.8 Å². The van der Waals surface area contributed by atoms with Gasteiger partial charge in [-0.3, -0.25) is 4.79 Å². The fourth-order valence-corrected chi connectivity index (χ4v) is 5.74. The van der Waals surface area contributed by atoms with Gasteiger partial charge in [0.1, 0.15) is 11.5 Å². The Bertz CT molecular complexity index is 1790. The summed E-state index contributed by atoms with van der Waals surface area (Å²) in [5.74, 6) is 1.46. The molecule has 5 rings (SSSR count). The van der Waals surface area contributed by atoms with Crippen molar-refractivity contribution in [3.05, 3.63) is 147 Å². The summed E-state index contributed by atoms with van der Waals surface area (Å²) in [6.07, 6.45) is 4.42. The summed E-state index contributed by atoms with van der Waals surface area (Å²) >= 11 is 0. The molecular formula is C39H41N5O5. The summed E-state index contributed by atoms with van der Waals surface area (Å²) in [6, 6.07) is 32.5. The Hall–Kier alpha value is -5.57. The zero-order valence-electron chi connectivity index (χ0n) is 27.6. The normalized spacial score (nSPS) is 16.8. The van der Waals surface area contributed by atoms with E-state index in [0.29, 0.717) is 55.4 Å². The number of para-hydroxylation sites is 1. The van der Waals surface area contributed by atoms with E-state index in [2.05, 4.69) is 15.3 Å². The number of amides is 1. The highest BCUT2D eigenvalue weighted by Gasteiger charge is 2.53. The molecule has 0 bridgehead atoms. The molecule has 49 heavy (non-hydrogen) atoms. The molecule has 4 aromatic rings. The lowest BCUT2D eigenvalue weighted by Gasteiger charge is -2.31. The molecule has 0 aliphatic carbocycles. The van der Waals surface area contributed by atoms with Crippen LogP contribution >= 0.6 is 0 Å². The van der Waals surface area contributed by atoms with E-state index in [-0.39, 0.29) is 25.5 Å². The molecule has 0 radical (unpaired) electrons. The zero-order chi connectivity index (χ0) is 34.3. The summed E-state index contributed by atoms with van der Waals surface area (Å²) in [5.41, 5.74) is 11.8. The maximum atomic E-state index is 14.6. The number of carbonyl (C=O) groups excluding carboxylic acids is 1. The number of nitrogens with zero attached hydrogens (tertiary/aromatic N) is 4. The molecule has 2 atom stereocenters. The smallest absolute Gasteiger partial charge is 0.252 e. The Labute approximate surface area is 286 Å². The molecule has 4 aromatic carbocycles. The number of azide groups is 1. The van der Waals surface area contributed by atoms with Gasteiger partial charge in [-0.1, -0.05) is 90.1 Å². The van der Waals surface area contributed by atoms with E-state index in [1.165, 1.54) is 0 Å². The van der Waals surface area contributed by atoms with E-state index < -0.39 is 11.6 Å². The van der Waals surface area contributed by atoms with Crippen molar-refractivity contribution in [1.82, 2.24) is 5.32 Å². The second-order valence-electron chi connectivity index (χ2n) is 11.4. The molecule has 1 heterocycles. The lowest BCUT2D eigenvalue weighted by molar-refractivity contribution is -0.128. The van der Waals surface area contributed by atoms with Crippen LogP contribution in [0.15, 0.2) is 119 Å². The zero-order valence-corrected chi connectivity index (χ0v) is 27.6. The van der Waals surface area contributed by atoms with Crippen molar-refractivity contribution in [1.29, 1.82) is 0 Å². The SMILES string of the molecule is CCOc1ccccc1CCNC(=O)[C@]1(C/C=C/c2ccccc2)N=C(c2ccc(OCCCO)cc2)O[C@@H]1c1ccccc1CN=[N+]=[N-]. The van der Waals surface area contributed by atoms with Gasteiger partial charge in [-0.15, -0.1) is 0 Å². The van der Waals surface area contributed by atoms with Crippen LogP contribution in [0.2, 0.25) is 0 Å². The van der Waals surface area contributed by atoms with Crippen molar-refractivity contribution in [2.24, 2.45) is 10.1 Å². The average molecular weight is 660 g/mol. The number of ether oxygens (including phenoxy) is 3. The van der Waals surface area contributed by atoms with Crippen LogP contribution in [0.3, 0.4) is 0 Å². The average Bonchev–Trinajstić information content (AvgIpc) is 3.53. The maximum Gasteiger partial charge on any atom is 0.252 e. The van der Waals surface area contributed by atoms with E-state index >= 15 is 0 Å². The van der Waals surface area contributed by atoms with Crippen molar-refractivity contribution in [3.63, 3.8) is 0 Å². The maximum absolute atomic E-state index is 14.6. The fraction of sp³-hybridized carbons (Fsp3) is 0.282. The second kappa shape index (κ2) is 17.5. The Kier molecular flexibility index (Phi) is 12.4. The highest BCUT2D eigenvalue weighted by molar-refractivity contribution is 6.01. The Morgan fingerprint density at radius 2 is 1.73 bits per heavy atom. The minimum Gasteiger partial charge on any atom is -0.494 e. The quantitative estimate of drug-likeness (QED) is 0.0527. The molecule has 0 aromatic heterocycles. The molecule has 252 valence electrons. The van der Waals surface area contributed by atoms with Gasteiger partial charge in [0.15, 0.2) is 11.6 Å². The van der Waals surface area contributed by atoms with Gasteiger partial charge in [0, 0.05) is 36.5 Å². The summed E-state index contributed by atoms with van der Waals surface area (Å²) < 4.78 is 18.2. The standard InChI is InChI=1S/C39H41N5O5/c1-2-47-35-18-9-7-15-30(35)23-25-41-38(46)39(24-10-14-29-12-4-3-5-13-29)36(34-17-8-6-16-32(34)28-42-44-40)49-37(43-39)31-19-21-33(22-20-31)48-27-11-26-45/h3-10,12-22,36,45H,2,11,23-28H2,1H3,(H,41,46)/b14-10+/t36-,39-/m1/s1. The highest BCUT2D eigenvalue weighted by Crippen LogP contribution is 2.44. The van der Waals surface area contributed by atoms with Gasteiger partial charge in [-0.25, -0.2) is 4.99 Å². The predicted molar refractivity (Wildman–Crippen MR) is 190 cm³/mol. The molecule has 1 aliphatic heterocycles. The summed E-state index contributed by atoms with van der Waals surface area (Å²) in [7, 11) is 0. The van der Waals surface area contributed by atoms with Gasteiger partial charge < -0.3 is 24.6 Å². The van der Waals surface area contributed by atoms with Crippen LogP contribution in [0.4, 0.5) is 0 Å². The minimum atomic E-state index is -1.40. The molecule has 10 heteroatoms. The molecule has 0 fully saturated rings. The lowest BCUT2D eigenvalue weighted by atomic mass is 9.82. The number of aliphatic hydroxyl groups excluding tert-OH is 1. The first-order valence-electron chi connectivity index (χ1n) is 16.5. The van der Waals surface area contributed by atoms with Gasteiger partial charge in [0.2, 0.25) is 5.90 Å². The highest BCUT2D eigenvalue weighted by atomic mass is 16.5. The van der Waals surface area contributed by atoms with E-state index in [1.807, 2.05) is 122 Å². The number of benzene rings is 4. The third-order valence-electron chi connectivity index (χ3n) is 8.16. The predicted octanol–water partition coefficient (Wildman–Crippen LogP) is 7.38. The number of rotatable bonds is 17. The Morgan fingerprint density at radius 3 is 2.49 bits per heavy atom. The van der Waals surface area contributed by atoms with Crippen LogP contribution in [0.5, 0.6) is 11.5 Å². The number of aliphatic hydroxyl groups is 1. The molecule has 1 aliphatic rings. The van der Waals surface area contributed by atoms with Crippen molar-refractivity contribution >= 4 is 17.9 Å². The molecule has 1 amide bonds. The lowest BCUT2D eigenvalue weighted by Crippen LogP contribution is -2.48. The monoisotopic (exact) mass is 659 g/mol. The fourth-order valence-electron chi connectivity index (χ4n) is 5.74. The molecule has 0 spiro atoms. The Morgan fingerprint density at radius 1 is 1.00 bits per heavy atom. The van der Waals surface area contributed by atoms with Crippen molar-refractivity contribution < 1.29 is 24.1 Å². The van der Waals surface area contributed by atoms with Crippen LogP contribution in [0.1, 0.15) is 53.7 Å². The molecule has 0 unspecified atom stereocenters. The third kappa shape index (κ3) is 8.87. The molecule has 0 saturated carbocycles. The third-order valence-corrected chi connectivity index (χ3v) is 8.16. The summed E-state index contributed by atoms with van der Waals surface area (Å²) in [6.45, 7) is 3.37. The van der Waals surface area contributed by atoms with Crippen LogP contribution < -0.4 is 14.8 Å². The van der Waals surface area contributed by atoms with E-state index in [0.717, 1.165) is 22.4 Å². The first-order valence-corrected chi connectivity index (χ1v) is 16.5. The van der Waals surface area contributed by atoms with E-state index in [9.17, 15) is 4.79 Å².